The van der Waals surface area contributed by atoms with E-state index < -0.39 is 15.8 Å². The van der Waals surface area contributed by atoms with E-state index in [1.54, 1.807) is 0 Å². The Hall–Kier alpha value is -0.210. The van der Waals surface area contributed by atoms with E-state index in [0.717, 1.165) is 31.7 Å². The molecule has 1 fully saturated rings. The van der Waals surface area contributed by atoms with Gasteiger partial charge >= 0.3 is 0 Å². The molecule has 0 amide bonds. The maximum absolute atomic E-state index is 13.3. The highest BCUT2D eigenvalue weighted by atomic mass is 79.9. The standard InChI is InChI=1S/C14H20BrFN2O2S.ClH/c15-12-7-6-11(16)8-14(12)21(19,20)18-13(9-17)10-4-2-1-3-5-10;/h6-8,10,13,18H,1-5,9,17H2;1H. The third-order valence-corrected chi connectivity index (χ3v) is 6.45. The van der Waals surface area contributed by atoms with Gasteiger partial charge in [-0.05, 0) is 52.9 Å². The topological polar surface area (TPSA) is 72.2 Å². The molecular weight excluding hydrogens is 395 g/mol. The number of hydrogen-bond donors (Lipinski definition) is 2. The van der Waals surface area contributed by atoms with E-state index in [0.29, 0.717) is 4.47 Å². The summed E-state index contributed by atoms with van der Waals surface area (Å²) in [5.74, 6) is -0.327. The van der Waals surface area contributed by atoms with Gasteiger partial charge in [-0.15, -0.1) is 12.4 Å². The third-order valence-electron chi connectivity index (χ3n) is 3.96. The predicted octanol–water partition coefficient (Wildman–Crippen LogP) is 3.20. The molecular formula is C14H21BrClFN2O2S. The summed E-state index contributed by atoms with van der Waals surface area (Å²) in [6, 6.07) is 3.32. The molecule has 3 N–H and O–H groups in total. The Labute approximate surface area is 145 Å². The van der Waals surface area contributed by atoms with Gasteiger partial charge in [0.2, 0.25) is 10.0 Å². The van der Waals surface area contributed by atoms with Gasteiger partial charge in [-0.3, -0.25) is 0 Å². The summed E-state index contributed by atoms with van der Waals surface area (Å²) in [7, 11) is -3.79. The van der Waals surface area contributed by atoms with Gasteiger partial charge in [0.15, 0.2) is 0 Å². The molecule has 1 aliphatic carbocycles. The van der Waals surface area contributed by atoms with Crippen LogP contribution in [0, 0.1) is 11.7 Å². The molecule has 0 radical (unpaired) electrons. The van der Waals surface area contributed by atoms with Crippen LogP contribution in [-0.2, 0) is 10.0 Å². The van der Waals surface area contributed by atoms with E-state index in [9.17, 15) is 12.8 Å². The molecule has 1 aromatic carbocycles. The van der Waals surface area contributed by atoms with E-state index >= 15 is 0 Å². The molecule has 1 saturated carbocycles. The minimum atomic E-state index is -3.79. The summed E-state index contributed by atoms with van der Waals surface area (Å²) in [5, 5.41) is 0. The highest BCUT2D eigenvalue weighted by Crippen LogP contribution is 2.28. The molecule has 0 saturated heterocycles. The molecule has 0 aliphatic heterocycles. The van der Waals surface area contributed by atoms with Crippen molar-refractivity contribution >= 4 is 38.4 Å². The SMILES string of the molecule is Cl.NCC(NS(=O)(=O)c1cc(F)ccc1Br)C1CCCCC1. The molecule has 0 bridgehead atoms. The maximum atomic E-state index is 13.3. The predicted molar refractivity (Wildman–Crippen MR) is 91.1 cm³/mol. The van der Waals surface area contributed by atoms with Crippen molar-refractivity contribution in [2.24, 2.45) is 11.7 Å². The van der Waals surface area contributed by atoms with Gasteiger partial charge in [0.05, 0.1) is 4.90 Å². The number of halogens is 3. The van der Waals surface area contributed by atoms with Crippen molar-refractivity contribution in [3.8, 4) is 0 Å². The van der Waals surface area contributed by atoms with Gasteiger partial charge in [-0.2, -0.15) is 0 Å². The molecule has 126 valence electrons. The highest BCUT2D eigenvalue weighted by Gasteiger charge is 2.28. The second-order valence-corrected chi connectivity index (χ2v) is 7.97. The fourth-order valence-electron chi connectivity index (χ4n) is 2.82. The van der Waals surface area contributed by atoms with Crippen LogP contribution in [0.4, 0.5) is 4.39 Å². The summed E-state index contributed by atoms with van der Waals surface area (Å²) >= 11 is 3.16. The Morgan fingerprint density at radius 3 is 2.55 bits per heavy atom. The molecule has 2 rings (SSSR count). The van der Waals surface area contributed by atoms with Crippen LogP contribution in [0.1, 0.15) is 32.1 Å². The van der Waals surface area contributed by atoms with Crippen molar-refractivity contribution in [3.63, 3.8) is 0 Å². The van der Waals surface area contributed by atoms with Crippen LogP contribution in [-0.4, -0.2) is 21.0 Å². The fourth-order valence-corrected chi connectivity index (χ4v) is 5.11. The number of nitrogens with two attached hydrogens (primary N) is 1. The van der Waals surface area contributed by atoms with E-state index in [1.165, 1.54) is 18.6 Å². The van der Waals surface area contributed by atoms with Crippen molar-refractivity contribution in [2.75, 3.05) is 6.54 Å². The van der Waals surface area contributed by atoms with E-state index in [-0.39, 0.29) is 35.8 Å². The van der Waals surface area contributed by atoms with E-state index in [1.807, 2.05) is 0 Å². The van der Waals surface area contributed by atoms with Crippen molar-refractivity contribution in [1.29, 1.82) is 0 Å². The zero-order valence-electron chi connectivity index (χ0n) is 12.1. The van der Waals surface area contributed by atoms with Crippen LogP contribution in [0.15, 0.2) is 27.6 Å². The molecule has 0 heterocycles. The number of hydrogen-bond acceptors (Lipinski definition) is 3. The van der Waals surface area contributed by atoms with E-state index in [4.69, 9.17) is 5.73 Å². The van der Waals surface area contributed by atoms with Crippen molar-refractivity contribution in [3.05, 3.63) is 28.5 Å². The Balaban J connectivity index is 0.00000242. The minimum absolute atomic E-state index is 0. The molecule has 4 nitrogen and oxygen atoms in total. The van der Waals surface area contributed by atoms with Crippen LogP contribution in [0.3, 0.4) is 0 Å². The average molecular weight is 416 g/mol. The number of sulfonamides is 1. The molecule has 0 aromatic heterocycles. The second-order valence-electron chi connectivity index (χ2n) is 5.44. The zero-order chi connectivity index (χ0) is 15.5. The lowest BCUT2D eigenvalue weighted by Crippen LogP contribution is -2.45. The van der Waals surface area contributed by atoms with Gasteiger partial charge in [0, 0.05) is 17.1 Å². The largest absolute Gasteiger partial charge is 0.329 e. The van der Waals surface area contributed by atoms with Gasteiger partial charge in [-0.25, -0.2) is 17.5 Å². The van der Waals surface area contributed by atoms with Gasteiger partial charge in [0.25, 0.3) is 0 Å². The van der Waals surface area contributed by atoms with Gasteiger partial charge < -0.3 is 5.73 Å². The number of benzene rings is 1. The molecule has 22 heavy (non-hydrogen) atoms. The van der Waals surface area contributed by atoms with Crippen molar-refractivity contribution < 1.29 is 12.8 Å². The maximum Gasteiger partial charge on any atom is 0.242 e. The van der Waals surface area contributed by atoms with Crippen LogP contribution < -0.4 is 10.5 Å². The molecule has 8 heteroatoms. The highest BCUT2D eigenvalue weighted by molar-refractivity contribution is 9.10. The smallest absolute Gasteiger partial charge is 0.242 e. The van der Waals surface area contributed by atoms with Gasteiger partial charge in [0.1, 0.15) is 5.82 Å². The van der Waals surface area contributed by atoms with Crippen LogP contribution in [0.2, 0.25) is 0 Å². The molecule has 1 aromatic rings. The zero-order valence-corrected chi connectivity index (χ0v) is 15.3. The Morgan fingerprint density at radius 2 is 1.95 bits per heavy atom. The molecule has 1 aliphatic rings. The first kappa shape index (κ1) is 19.8. The normalized spacial score (nSPS) is 17.8. The number of nitrogens with one attached hydrogen (secondary N) is 1. The summed E-state index contributed by atoms with van der Waals surface area (Å²) in [5.41, 5.74) is 5.74. The molecule has 0 spiro atoms. The molecule has 1 unspecified atom stereocenters. The van der Waals surface area contributed by atoms with Crippen LogP contribution >= 0.6 is 28.3 Å². The first-order valence-corrected chi connectivity index (χ1v) is 9.39. The van der Waals surface area contributed by atoms with Crippen molar-refractivity contribution in [1.82, 2.24) is 4.72 Å². The lowest BCUT2D eigenvalue weighted by molar-refractivity contribution is 0.294. The first-order valence-electron chi connectivity index (χ1n) is 7.11. The monoisotopic (exact) mass is 414 g/mol. The van der Waals surface area contributed by atoms with Crippen LogP contribution in [0.5, 0.6) is 0 Å². The Bertz CT molecular complexity index is 595. The minimum Gasteiger partial charge on any atom is -0.329 e. The van der Waals surface area contributed by atoms with Crippen molar-refractivity contribution in [2.45, 2.75) is 43.0 Å². The van der Waals surface area contributed by atoms with Gasteiger partial charge in [-0.1, -0.05) is 19.3 Å². The average Bonchev–Trinajstić information content (AvgIpc) is 2.48. The quantitative estimate of drug-likeness (QED) is 0.775. The second kappa shape index (κ2) is 8.59. The summed E-state index contributed by atoms with van der Waals surface area (Å²) in [6.45, 7) is 0.247. The summed E-state index contributed by atoms with van der Waals surface area (Å²) in [6.07, 6.45) is 5.36. The number of rotatable bonds is 5. The Morgan fingerprint density at radius 1 is 1.32 bits per heavy atom. The third kappa shape index (κ3) is 4.89. The summed E-state index contributed by atoms with van der Waals surface area (Å²) < 4.78 is 41.2. The fraction of sp³-hybridized carbons (Fsp3) is 0.571. The first-order chi connectivity index (χ1) is 9.94. The Kier molecular flexibility index (Phi) is 7.74. The lowest BCUT2D eigenvalue weighted by Gasteiger charge is -2.30. The van der Waals surface area contributed by atoms with E-state index in [2.05, 4.69) is 20.7 Å². The van der Waals surface area contributed by atoms with Crippen LogP contribution in [0.25, 0.3) is 0 Å². The lowest BCUT2D eigenvalue weighted by atomic mass is 9.84. The molecule has 1 atom stereocenters. The summed E-state index contributed by atoms with van der Waals surface area (Å²) in [4.78, 5) is -0.0863.